The molecular formula is C22H23N3O. The fourth-order valence-corrected chi connectivity index (χ4v) is 2.46. The maximum absolute atomic E-state index is 9.06. The molecule has 0 bridgehead atoms. The van der Waals surface area contributed by atoms with E-state index in [-0.39, 0.29) is 0 Å². The summed E-state index contributed by atoms with van der Waals surface area (Å²) in [4.78, 5) is 13.5. The van der Waals surface area contributed by atoms with Crippen LogP contribution >= 0.6 is 0 Å². The molecule has 0 radical (unpaired) electrons. The fraction of sp³-hybridized carbons (Fsp3) is 0.182. The number of rotatable bonds is 3. The summed E-state index contributed by atoms with van der Waals surface area (Å²) >= 11 is 0. The average molecular weight is 345 g/mol. The number of aromatic nitrogens is 2. The summed E-state index contributed by atoms with van der Waals surface area (Å²) in [6, 6.07) is 10.5. The van der Waals surface area contributed by atoms with Crippen LogP contribution in [0.1, 0.15) is 23.6 Å². The van der Waals surface area contributed by atoms with Crippen molar-refractivity contribution in [2.24, 2.45) is 7.05 Å². The number of pyridine rings is 1. The Kier molecular flexibility index (Phi) is 6.75. The number of nitrogens with one attached hydrogen (secondary N) is 1. The molecule has 3 rings (SSSR count). The zero-order valence-corrected chi connectivity index (χ0v) is 15.4. The van der Waals surface area contributed by atoms with Crippen LogP contribution in [0.3, 0.4) is 0 Å². The second-order valence-corrected chi connectivity index (χ2v) is 5.67. The van der Waals surface area contributed by atoms with Gasteiger partial charge in [-0.3, -0.25) is 4.79 Å². The maximum atomic E-state index is 9.06. The molecule has 0 saturated carbocycles. The predicted molar refractivity (Wildman–Crippen MR) is 108 cm³/mol. The van der Waals surface area contributed by atoms with Gasteiger partial charge in [0, 0.05) is 31.2 Å². The smallest absolute Gasteiger partial charge is 0.142 e. The van der Waals surface area contributed by atoms with Gasteiger partial charge in [0.25, 0.3) is 0 Å². The molecule has 0 aliphatic rings. The Morgan fingerprint density at radius 3 is 2.54 bits per heavy atom. The van der Waals surface area contributed by atoms with Crippen molar-refractivity contribution < 1.29 is 4.79 Å². The van der Waals surface area contributed by atoms with E-state index in [0.717, 1.165) is 34.3 Å². The number of carbonyl (C=O) groups excluding carboxylic acids is 1. The fourth-order valence-electron chi connectivity index (χ4n) is 2.46. The van der Waals surface area contributed by atoms with Crippen LogP contribution in [-0.2, 0) is 18.3 Å². The number of allylic oxidation sites excluding steroid dienone is 1. The van der Waals surface area contributed by atoms with Crippen molar-refractivity contribution in [2.75, 3.05) is 12.4 Å². The van der Waals surface area contributed by atoms with Gasteiger partial charge in [-0.05, 0) is 36.3 Å². The van der Waals surface area contributed by atoms with E-state index < -0.39 is 0 Å². The molecule has 1 N–H and O–H groups in total. The average Bonchev–Trinajstić information content (AvgIpc) is 3.02. The first-order valence-electron chi connectivity index (χ1n) is 8.42. The van der Waals surface area contributed by atoms with Gasteiger partial charge in [0.15, 0.2) is 0 Å². The highest BCUT2D eigenvalue weighted by atomic mass is 16.1. The SMILES string of the molecule is C=CC=O.CCc1ccc(C#Cc2cn(C)c3ncc(NC)cc23)cc1. The second-order valence-electron chi connectivity index (χ2n) is 5.67. The minimum absolute atomic E-state index is 0.639. The van der Waals surface area contributed by atoms with E-state index >= 15 is 0 Å². The van der Waals surface area contributed by atoms with E-state index in [1.807, 2.05) is 31.1 Å². The number of benzene rings is 1. The highest BCUT2D eigenvalue weighted by molar-refractivity contribution is 5.86. The van der Waals surface area contributed by atoms with Crippen molar-refractivity contribution >= 4 is 23.0 Å². The molecule has 0 aliphatic carbocycles. The largest absolute Gasteiger partial charge is 0.387 e. The van der Waals surface area contributed by atoms with Crippen LogP contribution in [0.2, 0.25) is 0 Å². The number of fused-ring (bicyclic) bond motifs is 1. The topological polar surface area (TPSA) is 46.9 Å². The molecule has 132 valence electrons. The Hall–Kier alpha value is -3.32. The molecule has 2 heterocycles. The van der Waals surface area contributed by atoms with Crippen LogP contribution in [0, 0.1) is 11.8 Å². The van der Waals surface area contributed by atoms with E-state index in [1.165, 1.54) is 11.6 Å². The lowest BCUT2D eigenvalue weighted by molar-refractivity contribution is -0.104. The lowest BCUT2D eigenvalue weighted by Gasteiger charge is -1.99. The molecule has 0 fully saturated rings. The number of aldehydes is 1. The van der Waals surface area contributed by atoms with Gasteiger partial charge in [0.1, 0.15) is 11.9 Å². The number of hydrogen-bond acceptors (Lipinski definition) is 3. The van der Waals surface area contributed by atoms with Crippen molar-refractivity contribution in [3.63, 3.8) is 0 Å². The highest BCUT2D eigenvalue weighted by Gasteiger charge is 2.06. The summed E-state index contributed by atoms with van der Waals surface area (Å²) in [6.45, 7) is 5.27. The standard InChI is InChI=1S/C19H19N3.C3H4O/c1-4-14-5-7-15(8-6-14)9-10-16-13-22(3)19-18(16)11-17(20-2)12-21-19;1-2-3-4/h5-8,11-13,20H,4H2,1-3H3;2-3H,1H2. The Morgan fingerprint density at radius 2 is 1.96 bits per heavy atom. The van der Waals surface area contributed by atoms with Crippen LogP contribution in [0.15, 0.2) is 55.4 Å². The quantitative estimate of drug-likeness (QED) is 0.444. The normalized spacial score (nSPS) is 9.50. The van der Waals surface area contributed by atoms with Crippen molar-refractivity contribution in [3.8, 4) is 11.8 Å². The number of carbonyl (C=O) groups is 1. The van der Waals surface area contributed by atoms with E-state index in [0.29, 0.717) is 6.29 Å². The third kappa shape index (κ3) is 4.61. The lowest BCUT2D eigenvalue weighted by atomic mass is 10.1. The van der Waals surface area contributed by atoms with Crippen LogP contribution in [0.5, 0.6) is 0 Å². The number of nitrogens with zero attached hydrogens (tertiary/aromatic N) is 2. The maximum Gasteiger partial charge on any atom is 0.142 e. The summed E-state index contributed by atoms with van der Waals surface area (Å²) < 4.78 is 2.01. The molecule has 0 spiro atoms. The summed E-state index contributed by atoms with van der Waals surface area (Å²) in [5.74, 6) is 6.52. The Bertz CT molecular complexity index is 951. The van der Waals surface area contributed by atoms with Gasteiger partial charge >= 0.3 is 0 Å². The molecule has 2 aromatic heterocycles. The van der Waals surface area contributed by atoms with Gasteiger partial charge in [-0.1, -0.05) is 37.5 Å². The first-order chi connectivity index (χ1) is 12.6. The Morgan fingerprint density at radius 1 is 1.27 bits per heavy atom. The first-order valence-corrected chi connectivity index (χ1v) is 8.42. The third-order valence-corrected chi connectivity index (χ3v) is 3.90. The van der Waals surface area contributed by atoms with Gasteiger partial charge in [0.2, 0.25) is 0 Å². The number of hydrogen-bond donors (Lipinski definition) is 1. The van der Waals surface area contributed by atoms with Crippen molar-refractivity contribution in [2.45, 2.75) is 13.3 Å². The van der Waals surface area contributed by atoms with Gasteiger partial charge in [0.05, 0.1) is 17.4 Å². The minimum atomic E-state index is 0.639. The molecule has 4 heteroatoms. The molecule has 1 aromatic carbocycles. The Balaban J connectivity index is 0.000000552. The van der Waals surface area contributed by atoms with Crippen LogP contribution < -0.4 is 5.32 Å². The van der Waals surface area contributed by atoms with Crippen LogP contribution in [-0.4, -0.2) is 22.9 Å². The lowest BCUT2D eigenvalue weighted by Crippen LogP contribution is -1.91. The molecule has 0 aliphatic heterocycles. The first kappa shape index (κ1) is 19.0. The van der Waals surface area contributed by atoms with Crippen LogP contribution in [0.25, 0.3) is 11.0 Å². The van der Waals surface area contributed by atoms with Gasteiger partial charge < -0.3 is 9.88 Å². The molecule has 0 unspecified atom stereocenters. The summed E-state index contributed by atoms with van der Waals surface area (Å²) in [6.07, 6.45) is 6.75. The van der Waals surface area contributed by atoms with E-state index in [2.05, 4.69) is 66.0 Å². The zero-order valence-electron chi connectivity index (χ0n) is 15.4. The number of anilines is 1. The van der Waals surface area contributed by atoms with E-state index in [9.17, 15) is 0 Å². The molecule has 26 heavy (non-hydrogen) atoms. The van der Waals surface area contributed by atoms with Crippen molar-refractivity contribution in [1.82, 2.24) is 9.55 Å². The molecule has 0 atom stereocenters. The zero-order chi connectivity index (χ0) is 18.9. The third-order valence-electron chi connectivity index (χ3n) is 3.90. The second kappa shape index (κ2) is 9.24. The minimum Gasteiger partial charge on any atom is -0.387 e. The van der Waals surface area contributed by atoms with Crippen molar-refractivity contribution in [1.29, 1.82) is 0 Å². The predicted octanol–water partition coefficient (Wildman–Crippen LogP) is 3.95. The monoisotopic (exact) mass is 345 g/mol. The molecule has 0 amide bonds. The summed E-state index contributed by atoms with van der Waals surface area (Å²) in [7, 11) is 3.89. The van der Waals surface area contributed by atoms with Crippen molar-refractivity contribution in [3.05, 3.63) is 72.1 Å². The number of aryl methyl sites for hydroxylation is 2. The van der Waals surface area contributed by atoms with Gasteiger partial charge in [-0.25, -0.2) is 4.98 Å². The van der Waals surface area contributed by atoms with Gasteiger partial charge in [-0.2, -0.15) is 0 Å². The Labute approximate surface area is 154 Å². The molecule has 4 nitrogen and oxygen atoms in total. The highest BCUT2D eigenvalue weighted by Crippen LogP contribution is 2.21. The van der Waals surface area contributed by atoms with Gasteiger partial charge in [-0.15, -0.1) is 0 Å². The van der Waals surface area contributed by atoms with E-state index in [1.54, 1.807) is 0 Å². The summed E-state index contributed by atoms with van der Waals surface area (Å²) in [5.41, 5.74) is 5.31. The molecule has 0 saturated heterocycles. The molecular weight excluding hydrogens is 322 g/mol. The van der Waals surface area contributed by atoms with E-state index in [4.69, 9.17) is 4.79 Å². The molecule has 3 aromatic rings. The van der Waals surface area contributed by atoms with Crippen LogP contribution in [0.4, 0.5) is 5.69 Å². The summed E-state index contributed by atoms with van der Waals surface area (Å²) in [5, 5.41) is 4.20.